The highest BCUT2D eigenvalue weighted by Crippen LogP contribution is 2.48. The van der Waals surface area contributed by atoms with Crippen LogP contribution in [0.4, 0.5) is 17.1 Å². The van der Waals surface area contributed by atoms with E-state index in [-0.39, 0.29) is 21.5 Å². The van der Waals surface area contributed by atoms with Gasteiger partial charge in [0, 0.05) is 48.2 Å². The third-order valence-corrected chi connectivity index (χ3v) is 4.18. The molecule has 0 spiro atoms. The molecule has 3 rings (SSSR count). The molecule has 13 nitrogen and oxygen atoms in total. The Morgan fingerprint density at radius 2 is 1.23 bits per heavy atom. The van der Waals surface area contributed by atoms with Gasteiger partial charge in [-0.15, -0.1) is 0 Å². The van der Waals surface area contributed by atoms with Crippen LogP contribution in [0.25, 0.3) is 21.5 Å². The first-order chi connectivity index (χ1) is 14.5. The smallest absolute Gasteiger partial charge is 0.308 e. The van der Waals surface area contributed by atoms with Crippen LogP contribution in [0.2, 0.25) is 0 Å². The molecule has 0 aromatic heterocycles. The molecule has 0 saturated heterocycles. The highest BCUT2D eigenvalue weighted by molar-refractivity contribution is 6.19. The van der Waals surface area contributed by atoms with Gasteiger partial charge >= 0.3 is 11.9 Å². The Kier molecular flexibility index (Phi) is 5.17. The Morgan fingerprint density at radius 1 is 0.710 bits per heavy atom. The van der Waals surface area contributed by atoms with Crippen molar-refractivity contribution < 1.29 is 33.8 Å². The standard InChI is InChI=1S/C18H11N3O10/c1-8(22)30-17-13-5-10(19(24)25)3-4-12(13)16-14(18(17)31-9(2)23)6-11(20(26)27)7-15(16)21(28)29/h3-7H,1-2H3. The minimum absolute atomic E-state index is 0.0225. The molecule has 0 amide bonds. The number of hydrogen-bond donors (Lipinski definition) is 0. The zero-order valence-corrected chi connectivity index (χ0v) is 15.8. The molecule has 0 aliphatic rings. The van der Waals surface area contributed by atoms with E-state index in [0.29, 0.717) is 6.07 Å². The van der Waals surface area contributed by atoms with E-state index in [0.717, 1.165) is 32.0 Å². The van der Waals surface area contributed by atoms with E-state index in [1.165, 1.54) is 6.07 Å². The Labute approximate surface area is 171 Å². The third-order valence-electron chi connectivity index (χ3n) is 4.18. The summed E-state index contributed by atoms with van der Waals surface area (Å²) in [5, 5.41) is 33.7. The summed E-state index contributed by atoms with van der Waals surface area (Å²) in [6.07, 6.45) is 0. The molecule has 158 valence electrons. The number of non-ortho nitro benzene ring substituents is 3. The van der Waals surface area contributed by atoms with Gasteiger partial charge in [0.25, 0.3) is 17.1 Å². The van der Waals surface area contributed by atoms with Crippen LogP contribution in [-0.4, -0.2) is 26.7 Å². The van der Waals surface area contributed by atoms with Gasteiger partial charge in [-0.05, 0) is 6.07 Å². The van der Waals surface area contributed by atoms with Crippen LogP contribution < -0.4 is 9.47 Å². The molecule has 31 heavy (non-hydrogen) atoms. The van der Waals surface area contributed by atoms with Gasteiger partial charge in [-0.25, -0.2) is 0 Å². The quantitative estimate of drug-likeness (QED) is 0.191. The maximum absolute atomic E-state index is 11.7. The lowest BCUT2D eigenvalue weighted by Gasteiger charge is -2.15. The number of benzene rings is 3. The number of nitro groups is 3. The van der Waals surface area contributed by atoms with E-state index >= 15 is 0 Å². The number of nitrogens with zero attached hydrogens (tertiary/aromatic N) is 3. The normalized spacial score (nSPS) is 10.6. The van der Waals surface area contributed by atoms with Crippen molar-refractivity contribution in [1.82, 2.24) is 0 Å². The predicted molar refractivity (Wildman–Crippen MR) is 104 cm³/mol. The Bertz CT molecular complexity index is 1330. The fraction of sp³-hybridized carbons (Fsp3) is 0.111. The molecular weight excluding hydrogens is 418 g/mol. The van der Waals surface area contributed by atoms with Crippen LogP contribution >= 0.6 is 0 Å². The number of esters is 2. The van der Waals surface area contributed by atoms with Crippen LogP contribution in [0.5, 0.6) is 11.5 Å². The number of carbonyl (C=O) groups is 2. The molecule has 0 unspecified atom stereocenters. The van der Waals surface area contributed by atoms with Gasteiger partial charge in [0.15, 0.2) is 11.5 Å². The minimum Gasteiger partial charge on any atom is -0.422 e. The number of hydrogen-bond acceptors (Lipinski definition) is 10. The van der Waals surface area contributed by atoms with E-state index in [1.807, 2.05) is 0 Å². The molecule has 0 aliphatic carbocycles. The van der Waals surface area contributed by atoms with E-state index in [4.69, 9.17) is 9.47 Å². The monoisotopic (exact) mass is 429 g/mol. The van der Waals surface area contributed by atoms with Gasteiger partial charge in [-0.3, -0.25) is 39.9 Å². The number of nitro benzene ring substituents is 3. The largest absolute Gasteiger partial charge is 0.422 e. The Morgan fingerprint density at radius 3 is 1.71 bits per heavy atom. The predicted octanol–water partition coefficient (Wildman–Crippen LogP) is 3.57. The molecule has 0 atom stereocenters. The van der Waals surface area contributed by atoms with E-state index in [2.05, 4.69) is 0 Å². The van der Waals surface area contributed by atoms with Crippen LogP contribution in [0.1, 0.15) is 13.8 Å². The molecule has 3 aromatic rings. The summed E-state index contributed by atoms with van der Waals surface area (Å²) < 4.78 is 10.2. The van der Waals surface area contributed by atoms with Gasteiger partial charge in [0.05, 0.1) is 26.2 Å². The second kappa shape index (κ2) is 7.62. The molecule has 13 heteroatoms. The zero-order chi connectivity index (χ0) is 23.0. The van der Waals surface area contributed by atoms with Crippen LogP contribution in [0.3, 0.4) is 0 Å². The van der Waals surface area contributed by atoms with Crippen molar-refractivity contribution in [3.05, 3.63) is 60.7 Å². The first kappa shape index (κ1) is 21.0. The molecular formula is C18H11N3O10. The summed E-state index contributed by atoms with van der Waals surface area (Å²) in [5.74, 6) is -2.77. The first-order valence-electron chi connectivity index (χ1n) is 8.38. The lowest BCUT2D eigenvalue weighted by molar-refractivity contribution is -0.393. The topological polar surface area (TPSA) is 182 Å². The van der Waals surface area contributed by atoms with E-state index in [1.54, 1.807) is 0 Å². The van der Waals surface area contributed by atoms with Crippen molar-refractivity contribution in [2.45, 2.75) is 13.8 Å². The summed E-state index contributed by atoms with van der Waals surface area (Å²) >= 11 is 0. The van der Waals surface area contributed by atoms with Gasteiger partial charge in [0.2, 0.25) is 0 Å². The summed E-state index contributed by atoms with van der Waals surface area (Å²) in [6, 6.07) is 4.88. The van der Waals surface area contributed by atoms with Gasteiger partial charge in [0.1, 0.15) is 0 Å². The molecule has 3 aromatic carbocycles. The third kappa shape index (κ3) is 3.78. The second-order valence-corrected chi connectivity index (χ2v) is 6.23. The van der Waals surface area contributed by atoms with Crippen molar-refractivity contribution in [2.75, 3.05) is 0 Å². The molecule has 0 aliphatic heterocycles. The minimum atomic E-state index is -0.923. The van der Waals surface area contributed by atoms with Crippen LogP contribution in [0.15, 0.2) is 30.3 Å². The Hall–Kier alpha value is -4.68. The number of ether oxygens (including phenoxy) is 2. The van der Waals surface area contributed by atoms with Gasteiger partial charge < -0.3 is 9.47 Å². The number of rotatable bonds is 5. The van der Waals surface area contributed by atoms with Crippen molar-refractivity contribution >= 4 is 50.5 Å². The highest BCUT2D eigenvalue weighted by atomic mass is 16.6. The molecule has 0 radical (unpaired) electrons. The summed E-state index contributed by atoms with van der Waals surface area (Å²) in [6.45, 7) is 2.01. The number of fused-ring (bicyclic) bond motifs is 3. The summed E-state index contributed by atoms with van der Waals surface area (Å²) in [4.78, 5) is 55.1. The average Bonchev–Trinajstić information content (AvgIpc) is 2.68. The number of carbonyl (C=O) groups excluding carboxylic acids is 2. The van der Waals surface area contributed by atoms with Crippen molar-refractivity contribution in [3.63, 3.8) is 0 Å². The van der Waals surface area contributed by atoms with Crippen LogP contribution in [0, 0.1) is 30.3 Å². The Balaban J connectivity index is 2.68. The SMILES string of the molecule is CC(=O)Oc1c(OC(C)=O)c2cc([N+](=O)[O-])cc([N+](=O)[O-])c2c2ccc([N+](=O)[O-])cc12. The molecule has 0 bridgehead atoms. The summed E-state index contributed by atoms with van der Waals surface area (Å²) in [7, 11) is 0. The maximum Gasteiger partial charge on any atom is 0.308 e. The van der Waals surface area contributed by atoms with Crippen molar-refractivity contribution in [3.8, 4) is 11.5 Å². The molecule has 0 fully saturated rings. The molecule has 0 heterocycles. The molecule has 0 N–H and O–H groups in total. The van der Waals surface area contributed by atoms with Gasteiger partial charge in [-0.1, -0.05) is 0 Å². The fourth-order valence-corrected chi connectivity index (χ4v) is 3.11. The second-order valence-electron chi connectivity index (χ2n) is 6.23. The average molecular weight is 429 g/mol. The lowest BCUT2D eigenvalue weighted by Crippen LogP contribution is -2.09. The maximum atomic E-state index is 11.7. The van der Waals surface area contributed by atoms with Gasteiger partial charge in [-0.2, -0.15) is 0 Å². The van der Waals surface area contributed by atoms with E-state index in [9.17, 15) is 39.9 Å². The van der Waals surface area contributed by atoms with Crippen molar-refractivity contribution in [1.29, 1.82) is 0 Å². The van der Waals surface area contributed by atoms with E-state index < -0.39 is 55.3 Å². The zero-order valence-electron chi connectivity index (χ0n) is 15.8. The fourth-order valence-electron chi connectivity index (χ4n) is 3.11. The first-order valence-corrected chi connectivity index (χ1v) is 8.38. The lowest BCUT2D eigenvalue weighted by atomic mass is 9.97. The summed E-state index contributed by atoms with van der Waals surface area (Å²) in [5.41, 5.74) is -1.81. The van der Waals surface area contributed by atoms with Crippen molar-refractivity contribution in [2.24, 2.45) is 0 Å². The van der Waals surface area contributed by atoms with Crippen LogP contribution in [-0.2, 0) is 9.59 Å². The highest BCUT2D eigenvalue weighted by Gasteiger charge is 2.29. The molecule has 0 saturated carbocycles.